The maximum atomic E-state index is 12.9. The topological polar surface area (TPSA) is 250 Å². The molecule has 0 unspecified atom stereocenters. The van der Waals surface area contributed by atoms with E-state index in [1.54, 1.807) is 41.5 Å². The largest absolute Gasteiger partial charge is 0.480 e. The predicted molar refractivity (Wildman–Crippen MR) is 280 cm³/mol. The Morgan fingerprint density at radius 3 is 1.20 bits per heavy atom. The summed E-state index contributed by atoms with van der Waals surface area (Å²) in [4.78, 5) is 76.9. The second kappa shape index (κ2) is 22.5. The smallest absolute Gasteiger partial charge is 0.327 e. The molecule has 4 aliphatic rings. The standard InChI is InChI=1S/2C19H19N3O5S.C16H20N2/c2*1-9-11(12(21-27-9)10-7-5-4-6-8-10)15(23)20-13-16(24)22-14(18(25)26)19(2,3)28-17(13)22;1-3-7-15(8-4-1)13-17-11-12-18-14-16-9-5-2-6-10-16/h2*4-8,13-14,17H,1-3H3,(H,20,23)(H,25,26);1-10,17-18H,11-14H2/t2*13-,14+,17-;/m11./s1. The third-order valence-corrected chi connectivity index (χ3v) is 16.2. The third-order valence-electron chi connectivity index (χ3n) is 13.0. The summed E-state index contributed by atoms with van der Waals surface area (Å²) in [7, 11) is 0. The molecule has 0 spiro atoms. The Kier molecular flexibility index (Phi) is 16.1. The highest BCUT2D eigenvalue weighted by Crippen LogP contribution is 2.52. The van der Waals surface area contributed by atoms with Gasteiger partial charge < -0.3 is 50.3 Å². The van der Waals surface area contributed by atoms with Crippen molar-refractivity contribution in [2.75, 3.05) is 13.1 Å². The number of carboxylic acids is 2. The molecule has 4 amide bonds. The van der Waals surface area contributed by atoms with E-state index >= 15 is 0 Å². The van der Waals surface area contributed by atoms with Gasteiger partial charge in [-0.15, -0.1) is 23.5 Å². The minimum Gasteiger partial charge on any atom is -0.480 e. The van der Waals surface area contributed by atoms with E-state index in [9.17, 15) is 39.0 Å². The minimum absolute atomic E-state index is 0.273. The first-order valence-electron chi connectivity index (χ1n) is 24.0. The molecule has 20 heteroatoms. The van der Waals surface area contributed by atoms with E-state index < -0.39 is 68.2 Å². The molecule has 10 rings (SSSR count). The molecular weight excluding hydrogens is 985 g/mol. The number of carbonyl (C=O) groups excluding carboxylic acids is 4. The van der Waals surface area contributed by atoms with E-state index in [0.29, 0.717) is 22.9 Å². The summed E-state index contributed by atoms with van der Waals surface area (Å²) in [6.45, 7) is 14.3. The van der Waals surface area contributed by atoms with Crippen LogP contribution >= 0.6 is 23.5 Å². The van der Waals surface area contributed by atoms with Crippen LogP contribution in [0.4, 0.5) is 0 Å². The highest BCUT2D eigenvalue weighted by molar-refractivity contribution is 8.02. The molecular formula is C54H58N8O10S2. The van der Waals surface area contributed by atoms with Crippen LogP contribution in [0.5, 0.6) is 0 Å². The van der Waals surface area contributed by atoms with E-state index in [-0.39, 0.29) is 22.9 Å². The number of fused-ring (bicyclic) bond motifs is 2. The zero-order valence-corrected chi connectivity index (χ0v) is 43.2. The van der Waals surface area contributed by atoms with Crippen LogP contribution in [0.2, 0.25) is 0 Å². The van der Waals surface area contributed by atoms with Crippen molar-refractivity contribution in [3.63, 3.8) is 0 Å². The molecule has 0 saturated carbocycles. The summed E-state index contributed by atoms with van der Waals surface area (Å²) in [6.07, 6.45) is 0. The van der Waals surface area contributed by atoms with Gasteiger partial charge in [0.15, 0.2) is 0 Å². The van der Waals surface area contributed by atoms with Crippen molar-refractivity contribution in [3.05, 3.63) is 155 Å². The fourth-order valence-corrected chi connectivity index (χ4v) is 12.7. The van der Waals surface area contributed by atoms with Crippen LogP contribution in [0.25, 0.3) is 22.5 Å². The van der Waals surface area contributed by atoms with E-state index in [0.717, 1.165) is 37.3 Å². The fourth-order valence-electron chi connectivity index (χ4n) is 9.42. The summed E-state index contributed by atoms with van der Waals surface area (Å²) in [5, 5.41) is 38.5. The van der Waals surface area contributed by atoms with Gasteiger partial charge in [-0.25, -0.2) is 9.59 Å². The number of nitrogens with one attached hydrogen (secondary N) is 4. The van der Waals surface area contributed by atoms with Gasteiger partial charge in [0.1, 0.15) is 69.0 Å². The van der Waals surface area contributed by atoms with E-state index in [4.69, 9.17) is 9.05 Å². The number of aryl methyl sites for hydroxylation is 2. The Morgan fingerprint density at radius 1 is 0.554 bits per heavy atom. The average Bonchev–Trinajstić information content (AvgIpc) is 4.12. The lowest BCUT2D eigenvalue weighted by Gasteiger charge is -2.43. The molecule has 0 bridgehead atoms. The maximum absolute atomic E-state index is 12.9. The van der Waals surface area contributed by atoms with Crippen molar-refractivity contribution in [1.29, 1.82) is 0 Å². The maximum Gasteiger partial charge on any atom is 0.327 e. The molecule has 4 aliphatic heterocycles. The van der Waals surface area contributed by atoms with Gasteiger partial charge in [-0.3, -0.25) is 19.2 Å². The Balaban J connectivity index is 0.000000152. The van der Waals surface area contributed by atoms with E-state index in [1.165, 1.54) is 44.5 Å². The summed E-state index contributed by atoms with van der Waals surface area (Å²) < 4.78 is 9.13. The number of thioether (sulfide) groups is 2. The summed E-state index contributed by atoms with van der Waals surface area (Å²) in [5.74, 6) is -3.09. The quantitative estimate of drug-likeness (QED) is 0.0484. The van der Waals surface area contributed by atoms with E-state index in [1.807, 2.05) is 72.8 Å². The SMILES string of the molecule is Cc1onc(-c2ccccc2)c1C(=O)N[C@@H]1C(=O)N2[C@@H]1SC(C)(C)[C@@H]2C(=O)O.Cc1onc(-c2ccccc2)c1C(=O)N[C@@H]1C(=O)N2[C@@H]1SC(C)(C)[C@@H]2C(=O)O.c1ccc(CNCCNCc2ccccc2)cc1. The van der Waals surface area contributed by atoms with E-state index in [2.05, 4.69) is 80.1 Å². The van der Waals surface area contributed by atoms with Crippen molar-refractivity contribution < 1.29 is 48.0 Å². The lowest BCUT2D eigenvalue weighted by molar-refractivity contribution is -0.159. The van der Waals surface area contributed by atoms with Crippen LogP contribution in [0.1, 0.15) is 71.1 Å². The first-order chi connectivity index (χ1) is 35.4. The second-order valence-electron chi connectivity index (χ2n) is 19.1. The number of aliphatic carboxylic acids is 2. The molecule has 6 aromatic rings. The molecule has 0 radical (unpaired) electrons. The molecule has 6 atom stereocenters. The molecule has 4 saturated heterocycles. The number of rotatable bonds is 15. The van der Waals surface area contributed by atoms with Crippen LogP contribution in [0.15, 0.2) is 130 Å². The highest BCUT2D eigenvalue weighted by atomic mass is 32.2. The molecule has 386 valence electrons. The lowest BCUT2D eigenvalue weighted by atomic mass is 9.95. The van der Waals surface area contributed by atoms with Gasteiger partial charge in [0.25, 0.3) is 11.8 Å². The molecule has 4 fully saturated rings. The Hall–Kier alpha value is -7.26. The van der Waals surface area contributed by atoms with Crippen molar-refractivity contribution >= 4 is 59.1 Å². The van der Waals surface area contributed by atoms with Crippen molar-refractivity contribution in [2.45, 2.75) is 99.0 Å². The number of hydrogen-bond acceptors (Lipinski definition) is 14. The molecule has 0 aliphatic carbocycles. The van der Waals surface area contributed by atoms with Crippen LogP contribution in [0.3, 0.4) is 0 Å². The molecule has 6 heterocycles. The first kappa shape index (κ1) is 53.0. The van der Waals surface area contributed by atoms with Gasteiger partial charge in [0.05, 0.1) is 0 Å². The Morgan fingerprint density at radius 2 is 0.878 bits per heavy atom. The van der Waals surface area contributed by atoms with Gasteiger partial charge in [-0.1, -0.05) is 132 Å². The number of aromatic nitrogens is 2. The molecule has 4 aromatic carbocycles. The van der Waals surface area contributed by atoms with Crippen LogP contribution < -0.4 is 21.3 Å². The number of nitrogens with zero attached hydrogens (tertiary/aromatic N) is 4. The molecule has 74 heavy (non-hydrogen) atoms. The normalized spacial score (nSPS) is 21.6. The number of β-lactam (4-membered cyclic amide) rings is 2. The Bertz CT molecular complexity index is 2790. The van der Waals surface area contributed by atoms with Crippen molar-refractivity contribution in [3.8, 4) is 22.5 Å². The van der Waals surface area contributed by atoms with Crippen LogP contribution in [-0.2, 0) is 32.3 Å². The number of amides is 4. The molecule has 18 nitrogen and oxygen atoms in total. The molecule has 6 N–H and O–H groups in total. The fraction of sp³-hybridized carbons (Fsp3) is 0.333. The molecule has 2 aromatic heterocycles. The summed E-state index contributed by atoms with van der Waals surface area (Å²) in [5.41, 5.74) is 5.48. The van der Waals surface area contributed by atoms with Crippen LogP contribution in [-0.4, -0.2) is 123 Å². The van der Waals surface area contributed by atoms with Crippen molar-refractivity contribution in [2.24, 2.45) is 0 Å². The zero-order valence-electron chi connectivity index (χ0n) is 41.6. The van der Waals surface area contributed by atoms with Gasteiger partial charge in [0, 0.05) is 46.8 Å². The van der Waals surface area contributed by atoms with Gasteiger partial charge in [-0.05, 0) is 52.7 Å². The lowest BCUT2D eigenvalue weighted by Crippen LogP contribution is -2.70. The first-order valence-corrected chi connectivity index (χ1v) is 25.8. The Labute approximate surface area is 436 Å². The van der Waals surface area contributed by atoms with Crippen molar-refractivity contribution in [1.82, 2.24) is 41.4 Å². The monoisotopic (exact) mass is 1040 g/mol. The summed E-state index contributed by atoms with van der Waals surface area (Å²) in [6, 6.07) is 35.9. The van der Waals surface area contributed by atoms with Crippen LogP contribution in [0, 0.1) is 13.8 Å². The number of carboxylic acid groups (broad SMARTS) is 2. The minimum atomic E-state index is -1.04. The van der Waals surface area contributed by atoms with Gasteiger partial charge >= 0.3 is 11.9 Å². The number of carbonyl (C=O) groups is 6. The zero-order chi connectivity index (χ0) is 52.9. The average molecular weight is 1040 g/mol. The number of benzene rings is 4. The highest BCUT2D eigenvalue weighted by Gasteiger charge is 2.65. The number of hydrogen-bond donors (Lipinski definition) is 6. The van der Waals surface area contributed by atoms with Gasteiger partial charge in [0.2, 0.25) is 11.8 Å². The second-order valence-corrected chi connectivity index (χ2v) is 22.6. The van der Waals surface area contributed by atoms with Gasteiger partial charge in [-0.2, -0.15) is 0 Å². The predicted octanol–water partition coefficient (Wildman–Crippen LogP) is 6.36. The third kappa shape index (κ3) is 11.1. The summed E-state index contributed by atoms with van der Waals surface area (Å²) >= 11 is 2.76.